The number of anilines is 4. The topological polar surface area (TPSA) is 55.5 Å². The Hall–Kier alpha value is -2.99. The maximum Gasteiger partial charge on any atom is 0.141 e. The van der Waals surface area contributed by atoms with Crippen LogP contribution in [0.2, 0.25) is 0 Å². The van der Waals surface area contributed by atoms with Crippen molar-refractivity contribution in [2.45, 2.75) is 0 Å². The summed E-state index contributed by atoms with van der Waals surface area (Å²) in [6.45, 7) is 3.36. The standard InChI is InChI=1S/C20H21FN4O/c21-15-7-8-25(14-15)18-5-6-19(22)20(13-18)23-16-1-3-17(4-2-16)24-9-11-26-12-10-24/h1-8,13-14,23H,9-12,22H2. The molecular weight excluding hydrogens is 331 g/mol. The molecule has 0 atom stereocenters. The molecule has 2 aromatic carbocycles. The monoisotopic (exact) mass is 352 g/mol. The average molecular weight is 352 g/mol. The van der Waals surface area contributed by atoms with Gasteiger partial charge < -0.3 is 25.3 Å². The summed E-state index contributed by atoms with van der Waals surface area (Å²) in [5.74, 6) is -0.268. The van der Waals surface area contributed by atoms with Crippen molar-refractivity contribution in [1.82, 2.24) is 4.57 Å². The van der Waals surface area contributed by atoms with Crippen molar-refractivity contribution in [3.63, 3.8) is 0 Å². The van der Waals surface area contributed by atoms with E-state index in [1.807, 2.05) is 30.3 Å². The van der Waals surface area contributed by atoms with E-state index in [9.17, 15) is 4.39 Å². The van der Waals surface area contributed by atoms with E-state index in [0.717, 1.165) is 43.4 Å². The van der Waals surface area contributed by atoms with E-state index in [2.05, 4.69) is 22.3 Å². The van der Waals surface area contributed by atoms with E-state index < -0.39 is 0 Å². The van der Waals surface area contributed by atoms with E-state index in [4.69, 9.17) is 10.5 Å². The molecular formula is C20H21FN4O. The van der Waals surface area contributed by atoms with Gasteiger partial charge in [0.05, 0.1) is 24.6 Å². The number of hydrogen-bond acceptors (Lipinski definition) is 4. The molecule has 26 heavy (non-hydrogen) atoms. The number of halogens is 1. The SMILES string of the molecule is Nc1ccc(-n2ccc(F)c2)cc1Nc1ccc(N2CCOCC2)cc1. The van der Waals surface area contributed by atoms with Crippen molar-refractivity contribution in [2.24, 2.45) is 0 Å². The van der Waals surface area contributed by atoms with Crippen LogP contribution in [0.15, 0.2) is 60.9 Å². The number of nitrogens with two attached hydrogens (primary N) is 1. The minimum absolute atomic E-state index is 0.268. The molecule has 0 unspecified atom stereocenters. The van der Waals surface area contributed by atoms with Crippen LogP contribution in [0.5, 0.6) is 0 Å². The summed E-state index contributed by atoms with van der Waals surface area (Å²) >= 11 is 0. The molecule has 1 aliphatic heterocycles. The molecule has 134 valence electrons. The van der Waals surface area contributed by atoms with E-state index in [1.54, 1.807) is 10.8 Å². The summed E-state index contributed by atoms with van der Waals surface area (Å²) in [4.78, 5) is 2.31. The second-order valence-electron chi connectivity index (χ2n) is 6.28. The molecule has 0 bridgehead atoms. The number of benzene rings is 2. The minimum atomic E-state index is -0.268. The zero-order valence-corrected chi connectivity index (χ0v) is 14.4. The van der Waals surface area contributed by atoms with E-state index in [0.29, 0.717) is 5.69 Å². The first-order valence-corrected chi connectivity index (χ1v) is 8.62. The van der Waals surface area contributed by atoms with Crippen LogP contribution in [0.4, 0.5) is 27.1 Å². The molecule has 4 rings (SSSR count). The van der Waals surface area contributed by atoms with Crippen LogP contribution in [-0.2, 0) is 4.74 Å². The Bertz CT molecular complexity index is 885. The molecule has 1 aliphatic rings. The number of morpholine rings is 1. The second-order valence-corrected chi connectivity index (χ2v) is 6.28. The molecule has 1 saturated heterocycles. The zero-order chi connectivity index (χ0) is 17.9. The second kappa shape index (κ2) is 7.09. The molecule has 3 aromatic rings. The van der Waals surface area contributed by atoms with Crippen LogP contribution in [0, 0.1) is 5.82 Å². The smallest absolute Gasteiger partial charge is 0.141 e. The number of ether oxygens (including phenoxy) is 1. The van der Waals surface area contributed by atoms with Gasteiger partial charge in [-0.15, -0.1) is 0 Å². The molecule has 5 nitrogen and oxygen atoms in total. The quantitative estimate of drug-likeness (QED) is 0.702. The van der Waals surface area contributed by atoms with Gasteiger partial charge in [0, 0.05) is 42.5 Å². The van der Waals surface area contributed by atoms with Crippen molar-refractivity contribution >= 4 is 22.7 Å². The lowest BCUT2D eigenvalue weighted by Gasteiger charge is -2.29. The van der Waals surface area contributed by atoms with Gasteiger partial charge in [0.2, 0.25) is 0 Å². The van der Waals surface area contributed by atoms with Crippen molar-refractivity contribution in [3.05, 3.63) is 66.7 Å². The van der Waals surface area contributed by atoms with Crippen LogP contribution < -0.4 is 16.0 Å². The van der Waals surface area contributed by atoms with Crippen LogP contribution in [0.1, 0.15) is 0 Å². The van der Waals surface area contributed by atoms with Gasteiger partial charge in [-0.05, 0) is 48.5 Å². The number of aromatic nitrogens is 1. The highest BCUT2D eigenvalue weighted by atomic mass is 19.1. The largest absolute Gasteiger partial charge is 0.397 e. The number of nitrogen functional groups attached to an aromatic ring is 1. The zero-order valence-electron chi connectivity index (χ0n) is 14.4. The van der Waals surface area contributed by atoms with Crippen LogP contribution in [0.25, 0.3) is 5.69 Å². The third-order valence-electron chi connectivity index (χ3n) is 4.51. The van der Waals surface area contributed by atoms with Gasteiger partial charge in [-0.1, -0.05) is 0 Å². The highest BCUT2D eigenvalue weighted by molar-refractivity contribution is 5.75. The predicted molar refractivity (Wildman–Crippen MR) is 103 cm³/mol. The third-order valence-corrected chi connectivity index (χ3v) is 4.51. The van der Waals surface area contributed by atoms with E-state index in [-0.39, 0.29) is 5.82 Å². The Labute approximate surface area is 151 Å². The molecule has 2 heterocycles. The third kappa shape index (κ3) is 3.50. The minimum Gasteiger partial charge on any atom is -0.397 e. The molecule has 0 saturated carbocycles. The van der Waals surface area contributed by atoms with Crippen LogP contribution in [0.3, 0.4) is 0 Å². The van der Waals surface area contributed by atoms with Gasteiger partial charge in [0.25, 0.3) is 0 Å². The molecule has 0 radical (unpaired) electrons. The van der Waals surface area contributed by atoms with Crippen molar-refractivity contribution in [1.29, 1.82) is 0 Å². The van der Waals surface area contributed by atoms with E-state index in [1.165, 1.54) is 18.0 Å². The predicted octanol–water partition coefficient (Wildman–Crippen LogP) is 3.78. The molecule has 0 aliphatic carbocycles. The summed E-state index contributed by atoms with van der Waals surface area (Å²) in [7, 11) is 0. The maximum absolute atomic E-state index is 13.3. The Balaban J connectivity index is 1.53. The summed E-state index contributed by atoms with van der Waals surface area (Å²) in [6, 6.07) is 15.3. The molecule has 1 fully saturated rings. The fraction of sp³-hybridized carbons (Fsp3) is 0.200. The molecule has 0 amide bonds. The Kier molecular flexibility index (Phi) is 4.50. The Morgan fingerprint density at radius 3 is 2.38 bits per heavy atom. The number of nitrogens with one attached hydrogen (secondary N) is 1. The average Bonchev–Trinajstić information content (AvgIpc) is 3.11. The van der Waals surface area contributed by atoms with Gasteiger partial charge in [0.15, 0.2) is 0 Å². The molecule has 6 heteroatoms. The molecule has 0 spiro atoms. The van der Waals surface area contributed by atoms with Gasteiger partial charge in [-0.3, -0.25) is 0 Å². The Morgan fingerprint density at radius 1 is 0.962 bits per heavy atom. The normalized spacial score (nSPS) is 14.4. The number of nitrogens with zero attached hydrogens (tertiary/aromatic N) is 2. The first-order chi connectivity index (χ1) is 12.7. The molecule has 3 N–H and O–H groups in total. The first kappa shape index (κ1) is 16.5. The summed E-state index contributed by atoms with van der Waals surface area (Å²) in [5, 5.41) is 3.34. The number of rotatable bonds is 4. The fourth-order valence-corrected chi connectivity index (χ4v) is 3.08. The number of hydrogen-bond donors (Lipinski definition) is 2. The van der Waals surface area contributed by atoms with Gasteiger partial charge in [-0.25, -0.2) is 4.39 Å². The van der Waals surface area contributed by atoms with Crippen molar-refractivity contribution < 1.29 is 9.13 Å². The van der Waals surface area contributed by atoms with Crippen molar-refractivity contribution in [2.75, 3.05) is 42.3 Å². The lowest BCUT2D eigenvalue weighted by molar-refractivity contribution is 0.122. The summed E-state index contributed by atoms with van der Waals surface area (Å²) in [6.07, 6.45) is 3.12. The lowest BCUT2D eigenvalue weighted by Crippen LogP contribution is -2.36. The van der Waals surface area contributed by atoms with Gasteiger partial charge >= 0.3 is 0 Å². The highest BCUT2D eigenvalue weighted by Crippen LogP contribution is 2.27. The highest BCUT2D eigenvalue weighted by Gasteiger charge is 2.11. The fourth-order valence-electron chi connectivity index (χ4n) is 3.08. The van der Waals surface area contributed by atoms with Gasteiger partial charge in [-0.2, -0.15) is 0 Å². The lowest BCUT2D eigenvalue weighted by atomic mass is 10.2. The Morgan fingerprint density at radius 2 is 1.69 bits per heavy atom. The van der Waals surface area contributed by atoms with E-state index >= 15 is 0 Å². The van der Waals surface area contributed by atoms with Crippen LogP contribution >= 0.6 is 0 Å². The first-order valence-electron chi connectivity index (χ1n) is 8.62. The van der Waals surface area contributed by atoms with Crippen LogP contribution in [-0.4, -0.2) is 30.9 Å². The van der Waals surface area contributed by atoms with Crippen molar-refractivity contribution in [3.8, 4) is 5.69 Å². The van der Waals surface area contributed by atoms with Gasteiger partial charge in [0.1, 0.15) is 5.82 Å². The summed E-state index contributed by atoms with van der Waals surface area (Å²) < 4.78 is 20.4. The molecule has 1 aromatic heterocycles. The maximum atomic E-state index is 13.3. The summed E-state index contributed by atoms with van der Waals surface area (Å²) in [5.41, 5.74) is 10.5.